The Bertz CT molecular complexity index is 2480. The molecule has 0 radical (unpaired) electrons. The van der Waals surface area contributed by atoms with Crippen molar-refractivity contribution in [3.05, 3.63) is 91.5 Å². The maximum absolute atomic E-state index is 15.3. The average molecular weight is 811 g/mol. The largest absolute Gasteiger partial charge is 0.458 e. The molecule has 15 nitrogen and oxygen atoms in total. The number of aryl methyl sites for hydroxylation is 1. The zero-order chi connectivity index (χ0) is 42.5. The van der Waals surface area contributed by atoms with Crippen LogP contribution >= 0.6 is 0 Å². The van der Waals surface area contributed by atoms with Crippen LogP contribution in [-0.2, 0) is 60.4 Å². The molecule has 0 bridgehead atoms. The lowest BCUT2D eigenvalue weighted by molar-refractivity contribution is -0.172. The molecule has 0 fully saturated rings. The number of nitrogens with zero attached hydrogens (tertiary/aromatic N) is 2. The van der Waals surface area contributed by atoms with E-state index in [0.717, 1.165) is 5.56 Å². The normalized spacial score (nSPS) is 18.5. The summed E-state index contributed by atoms with van der Waals surface area (Å²) in [5, 5.41) is 23.1. The average Bonchev–Trinajstić information content (AvgIpc) is 3.58. The Balaban J connectivity index is 1.06. The minimum atomic E-state index is -2.01. The van der Waals surface area contributed by atoms with Gasteiger partial charge in [0.1, 0.15) is 31.1 Å². The Morgan fingerprint density at radius 2 is 1.76 bits per heavy atom. The molecular formula is C43H47FN6O9. The third-order valence-corrected chi connectivity index (χ3v) is 11.6. The fourth-order valence-electron chi connectivity index (χ4n) is 8.15. The van der Waals surface area contributed by atoms with Crippen LogP contribution in [0.25, 0.3) is 22.3 Å². The van der Waals surface area contributed by atoms with Crippen LogP contribution in [0.3, 0.4) is 0 Å². The van der Waals surface area contributed by atoms with Gasteiger partial charge in [-0.1, -0.05) is 39.8 Å². The van der Waals surface area contributed by atoms with Crippen LogP contribution in [0.5, 0.6) is 0 Å². The van der Waals surface area contributed by atoms with E-state index in [0.29, 0.717) is 63.1 Å². The minimum Gasteiger partial charge on any atom is -0.458 e. The van der Waals surface area contributed by atoms with E-state index in [1.54, 1.807) is 71.9 Å². The molecule has 4 atom stereocenters. The van der Waals surface area contributed by atoms with Crippen molar-refractivity contribution in [2.75, 3.05) is 5.32 Å². The Hall–Kier alpha value is -6.16. The number of aromatic nitrogens is 2. The fourth-order valence-corrected chi connectivity index (χ4v) is 8.15. The zero-order valence-corrected chi connectivity index (χ0v) is 33.7. The molecule has 1 aliphatic carbocycles. The van der Waals surface area contributed by atoms with E-state index >= 15 is 4.39 Å². The molecule has 2 aromatic carbocycles. The smallest absolute Gasteiger partial charge is 0.407 e. The van der Waals surface area contributed by atoms with Crippen molar-refractivity contribution in [2.24, 2.45) is 5.92 Å². The Morgan fingerprint density at radius 3 is 2.44 bits per heavy atom. The second kappa shape index (κ2) is 15.9. The van der Waals surface area contributed by atoms with Crippen molar-refractivity contribution < 1.29 is 42.9 Å². The number of hydrogen-bond acceptors (Lipinski definition) is 10. The van der Waals surface area contributed by atoms with Crippen LogP contribution < -0.4 is 26.8 Å². The van der Waals surface area contributed by atoms with Crippen LogP contribution in [0.15, 0.2) is 41.2 Å². The molecule has 310 valence electrons. The number of nitrogens with one attached hydrogen (secondary N) is 4. The van der Waals surface area contributed by atoms with Gasteiger partial charge in [0.05, 0.1) is 35.1 Å². The van der Waals surface area contributed by atoms with Gasteiger partial charge in [0.2, 0.25) is 17.7 Å². The second-order valence-electron chi connectivity index (χ2n) is 15.7. The predicted molar refractivity (Wildman–Crippen MR) is 213 cm³/mol. The minimum absolute atomic E-state index is 0.0180. The summed E-state index contributed by atoms with van der Waals surface area (Å²) in [6.07, 6.45) is 0.363. The number of esters is 1. The quantitative estimate of drug-likeness (QED) is 0.119. The molecule has 16 heteroatoms. The van der Waals surface area contributed by atoms with Crippen LogP contribution in [0.2, 0.25) is 0 Å². The van der Waals surface area contributed by atoms with E-state index in [2.05, 4.69) is 21.3 Å². The zero-order valence-electron chi connectivity index (χ0n) is 33.7. The number of fused-ring (bicyclic) bond motifs is 5. The molecule has 7 rings (SSSR count). The van der Waals surface area contributed by atoms with Gasteiger partial charge in [-0.25, -0.2) is 19.0 Å². The summed E-state index contributed by atoms with van der Waals surface area (Å²) in [6, 6.07) is 7.31. The maximum Gasteiger partial charge on any atom is 0.407 e. The van der Waals surface area contributed by atoms with Gasteiger partial charge in [0, 0.05) is 34.7 Å². The van der Waals surface area contributed by atoms with Gasteiger partial charge in [0.15, 0.2) is 5.60 Å². The molecule has 2 aromatic heterocycles. The van der Waals surface area contributed by atoms with Gasteiger partial charge >= 0.3 is 12.1 Å². The number of rotatable bonds is 11. The highest BCUT2D eigenvalue weighted by molar-refractivity contribution is 5.98. The molecule has 4 amide bonds. The van der Waals surface area contributed by atoms with Crippen LogP contribution in [0.1, 0.15) is 98.9 Å². The van der Waals surface area contributed by atoms with E-state index in [4.69, 9.17) is 14.5 Å². The second-order valence-corrected chi connectivity index (χ2v) is 15.7. The number of halogens is 1. The number of alkyl carbamates (subject to hydrolysis) is 1. The van der Waals surface area contributed by atoms with Crippen molar-refractivity contribution in [3.8, 4) is 11.4 Å². The monoisotopic (exact) mass is 810 g/mol. The lowest BCUT2D eigenvalue weighted by Gasteiger charge is -2.31. The molecule has 2 aliphatic heterocycles. The van der Waals surface area contributed by atoms with E-state index in [9.17, 15) is 33.9 Å². The van der Waals surface area contributed by atoms with E-state index in [1.165, 1.54) is 10.6 Å². The number of carbonyl (C=O) groups excluding carboxylic acids is 5. The number of carbonyl (C=O) groups is 5. The molecule has 0 unspecified atom stereocenters. The highest BCUT2D eigenvalue weighted by Crippen LogP contribution is 2.46. The first kappa shape index (κ1) is 41.0. The number of cyclic esters (lactones) is 1. The molecule has 3 aliphatic rings. The topological polar surface area (TPSA) is 207 Å². The first-order chi connectivity index (χ1) is 28.1. The van der Waals surface area contributed by atoms with E-state index in [1.807, 2.05) is 0 Å². The summed E-state index contributed by atoms with van der Waals surface area (Å²) in [4.78, 5) is 82.5. The Labute approximate surface area is 339 Å². The van der Waals surface area contributed by atoms with Crippen LogP contribution in [0, 0.1) is 18.7 Å². The summed E-state index contributed by atoms with van der Waals surface area (Å²) in [5.74, 6) is -2.65. The van der Waals surface area contributed by atoms with Gasteiger partial charge in [-0.3, -0.25) is 19.2 Å². The Morgan fingerprint density at radius 1 is 1.03 bits per heavy atom. The summed E-state index contributed by atoms with van der Waals surface area (Å²) >= 11 is 0. The third-order valence-electron chi connectivity index (χ3n) is 11.6. The summed E-state index contributed by atoms with van der Waals surface area (Å²) in [7, 11) is 0. The lowest BCUT2D eigenvalue weighted by Crippen LogP contribution is -2.53. The SMILES string of the molecule is CCC(=O)N[C@H](C(=O)N[C@@H](C)C(=O)Nc1ccc(COC(=O)N[C@H]2CCc3c(C)c(F)cc4nc5c(c2c34)Cn2c-5cc3c(c2=O)COC(=O)[C@]3(O)CC)cc1)C(C)C. The number of hydrogen-bond donors (Lipinski definition) is 5. The summed E-state index contributed by atoms with van der Waals surface area (Å²) in [5.41, 5.74) is 2.68. The van der Waals surface area contributed by atoms with Crippen molar-refractivity contribution >= 4 is 46.4 Å². The van der Waals surface area contributed by atoms with Crippen molar-refractivity contribution in [3.63, 3.8) is 0 Å². The number of pyridine rings is 2. The van der Waals surface area contributed by atoms with Gasteiger partial charge in [0.25, 0.3) is 5.56 Å². The fraction of sp³-hybridized carbons (Fsp3) is 0.419. The molecule has 0 saturated heterocycles. The van der Waals surface area contributed by atoms with Crippen LogP contribution in [0.4, 0.5) is 14.9 Å². The highest BCUT2D eigenvalue weighted by Gasteiger charge is 2.46. The number of aliphatic hydroxyl groups is 1. The van der Waals surface area contributed by atoms with Crippen LogP contribution in [-0.4, -0.2) is 56.5 Å². The molecule has 4 aromatic rings. The van der Waals surface area contributed by atoms with Gasteiger partial charge in [-0.2, -0.15) is 0 Å². The molecule has 59 heavy (non-hydrogen) atoms. The molecule has 5 N–H and O–H groups in total. The lowest BCUT2D eigenvalue weighted by atomic mass is 9.81. The first-order valence-corrected chi connectivity index (χ1v) is 19.8. The van der Waals surface area contributed by atoms with Gasteiger partial charge in [-0.05, 0) is 79.5 Å². The third kappa shape index (κ3) is 7.41. The number of ether oxygens (including phenoxy) is 2. The molecule has 4 heterocycles. The molecular weight excluding hydrogens is 764 g/mol. The summed E-state index contributed by atoms with van der Waals surface area (Å²) < 4.78 is 27.6. The van der Waals surface area contributed by atoms with Crippen molar-refractivity contribution in [1.82, 2.24) is 25.5 Å². The maximum atomic E-state index is 15.3. The number of benzene rings is 2. The first-order valence-electron chi connectivity index (χ1n) is 19.8. The Kier molecular flexibility index (Phi) is 11.0. The van der Waals surface area contributed by atoms with E-state index in [-0.39, 0.29) is 55.6 Å². The van der Waals surface area contributed by atoms with E-state index < -0.39 is 59.0 Å². The summed E-state index contributed by atoms with van der Waals surface area (Å²) in [6.45, 7) is 9.87. The number of amides is 4. The highest BCUT2D eigenvalue weighted by atomic mass is 19.1. The molecule has 0 saturated carbocycles. The number of anilines is 1. The van der Waals surface area contributed by atoms with Gasteiger partial charge < -0.3 is 40.4 Å². The predicted octanol–water partition coefficient (Wildman–Crippen LogP) is 4.43. The molecule has 0 spiro atoms. The standard InChI is InChI=1S/C43H47FN6O9/c1-7-33(51)49-36(20(3)4)39(53)45-22(6)38(52)46-24-11-9-23(10-12-24)18-59-42(56)48-30-14-13-25-21(5)29(44)16-31-34(25)35(30)26-17-50-32(37(26)47-31)15-28-27(40(50)54)19-58-41(55)43(28,57)8-2/h9-12,15-16,20,22,30,36,57H,7-8,13-14,17-19H2,1-6H3,(H,45,53)(H,46,52)(H,48,56)(H,49,51)/t22-,30-,36-,43-/m0/s1. The van der Waals surface area contributed by atoms with Crippen molar-refractivity contribution in [1.29, 1.82) is 0 Å². The van der Waals surface area contributed by atoms with Crippen molar-refractivity contribution in [2.45, 2.75) is 111 Å². The van der Waals surface area contributed by atoms with Gasteiger partial charge in [-0.15, -0.1) is 0 Å².